The zero-order valence-corrected chi connectivity index (χ0v) is 16.9. The summed E-state index contributed by atoms with van der Waals surface area (Å²) in [6, 6.07) is 12.1. The van der Waals surface area contributed by atoms with Gasteiger partial charge in [-0.15, -0.1) is 0 Å². The van der Waals surface area contributed by atoms with Crippen molar-refractivity contribution in [1.82, 2.24) is 4.90 Å². The van der Waals surface area contributed by atoms with E-state index in [0.717, 1.165) is 11.1 Å². The van der Waals surface area contributed by atoms with Gasteiger partial charge in [0.05, 0.1) is 25.2 Å². The van der Waals surface area contributed by atoms with E-state index in [9.17, 15) is 13.2 Å². The molecular weight excluding hydrogens is 382 g/mol. The van der Waals surface area contributed by atoms with Crippen LogP contribution < -0.4 is 9.47 Å². The summed E-state index contributed by atoms with van der Waals surface area (Å²) in [5.74, 6) is 1.28. The number of rotatable bonds is 7. The second-order valence-electron chi connectivity index (χ2n) is 6.67. The van der Waals surface area contributed by atoms with Crippen molar-refractivity contribution >= 4 is 15.9 Å². The lowest BCUT2D eigenvalue weighted by molar-refractivity contribution is 0.156. The van der Waals surface area contributed by atoms with Crippen LogP contribution in [0, 0.1) is 0 Å². The number of hydrogen-bond acceptors (Lipinski definition) is 6. The summed E-state index contributed by atoms with van der Waals surface area (Å²) in [5, 5.41) is 0. The van der Waals surface area contributed by atoms with Crippen LogP contribution in [0.4, 0.5) is 4.79 Å². The summed E-state index contributed by atoms with van der Waals surface area (Å²) in [4.78, 5) is 14.1. The molecule has 1 aliphatic heterocycles. The molecule has 0 radical (unpaired) electrons. The van der Waals surface area contributed by atoms with E-state index in [1.807, 2.05) is 18.2 Å². The molecule has 28 heavy (non-hydrogen) atoms. The van der Waals surface area contributed by atoms with E-state index in [-0.39, 0.29) is 17.0 Å². The Morgan fingerprint density at radius 1 is 1.04 bits per heavy atom. The minimum absolute atomic E-state index is 0.125. The molecule has 1 aliphatic rings. The van der Waals surface area contributed by atoms with Crippen LogP contribution in [0.25, 0.3) is 0 Å². The Morgan fingerprint density at radius 2 is 1.68 bits per heavy atom. The van der Waals surface area contributed by atoms with E-state index >= 15 is 0 Å². The Labute approximate surface area is 164 Å². The van der Waals surface area contributed by atoms with Gasteiger partial charge in [0.2, 0.25) is 0 Å². The predicted octanol–water partition coefficient (Wildman–Crippen LogP) is 2.67. The molecule has 0 aromatic heterocycles. The molecule has 1 saturated heterocycles. The zero-order valence-electron chi connectivity index (χ0n) is 16.0. The molecule has 7 nitrogen and oxygen atoms in total. The molecule has 0 saturated carbocycles. The highest BCUT2D eigenvalue weighted by molar-refractivity contribution is 7.90. The summed E-state index contributed by atoms with van der Waals surface area (Å²) in [6.45, 7) is 0.648. The van der Waals surface area contributed by atoms with E-state index in [4.69, 9.17) is 14.2 Å². The third-order valence-corrected chi connectivity index (χ3v) is 5.83. The monoisotopic (exact) mass is 405 g/mol. The first-order chi connectivity index (χ1) is 13.3. The fraction of sp³-hybridized carbons (Fsp3) is 0.350. The van der Waals surface area contributed by atoms with Crippen molar-refractivity contribution in [2.75, 3.05) is 27.1 Å². The number of benzene rings is 2. The van der Waals surface area contributed by atoms with Crippen molar-refractivity contribution in [1.29, 1.82) is 0 Å². The first kappa shape index (κ1) is 20.0. The second-order valence-corrected chi connectivity index (χ2v) is 8.68. The van der Waals surface area contributed by atoms with Gasteiger partial charge in [0.25, 0.3) is 0 Å². The Bertz CT molecular complexity index is 955. The van der Waals surface area contributed by atoms with Crippen LogP contribution in [0.3, 0.4) is 0 Å². The van der Waals surface area contributed by atoms with Gasteiger partial charge in [-0.25, -0.2) is 13.2 Å². The van der Waals surface area contributed by atoms with E-state index in [1.165, 1.54) is 6.26 Å². The van der Waals surface area contributed by atoms with Crippen LogP contribution in [0.15, 0.2) is 47.4 Å². The molecule has 1 unspecified atom stereocenters. The fourth-order valence-corrected chi connectivity index (χ4v) is 3.80. The third kappa shape index (κ3) is 4.39. The molecule has 150 valence electrons. The largest absolute Gasteiger partial charge is 0.493 e. The van der Waals surface area contributed by atoms with E-state index in [1.54, 1.807) is 43.4 Å². The quantitative estimate of drug-likeness (QED) is 0.704. The highest BCUT2D eigenvalue weighted by Crippen LogP contribution is 2.29. The summed E-state index contributed by atoms with van der Waals surface area (Å²) in [5.41, 5.74) is 1.84. The number of cyclic esters (lactones) is 1. The number of sulfone groups is 1. The number of nitrogens with zero attached hydrogens (tertiary/aromatic N) is 1. The van der Waals surface area contributed by atoms with Gasteiger partial charge >= 0.3 is 6.09 Å². The molecule has 3 rings (SSSR count). The maximum absolute atomic E-state index is 12.2. The molecule has 2 aromatic rings. The number of ether oxygens (including phenoxy) is 3. The number of carbonyl (C=O) groups is 1. The van der Waals surface area contributed by atoms with Crippen molar-refractivity contribution in [3.8, 4) is 11.5 Å². The van der Waals surface area contributed by atoms with Crippen molar-refractivity contribution in [2.24, 2.45) is 0 Å². The van der Waals surface area contributed by atoms with Crippen LogP contribution in [0.1, 0.15) is 11.1 Å². The zero-order chi connectivity index (χ0) is 20.3. The Kier molecular flexibility index (Phi) is 5.79. The molecule has 1 amide bonds. The van der Waals surface area contributed by atoms with Crippen LogP contribution in [-0.4, -0.2) is 52.5 Å². The number of carbonyl (C=O) groups excluding carboxylic acids is 1. The van der Waals surface area contributed by atoms with Crippen LogP contribution in [-0.2, 0) is 27.5 Å². The molecule has 1 atom stereocenters. The Morgan fingerprint density at radius 3 is 2.29 bits per heavy atom. The van der Waals surface area contributed by atoms with E-state index in [2.05, 4.69) is 0 Å². The van der Waals surface area contributed by atoms with Crippen molar-refractivity contribution < 1.29 is 27.4 Å². The van der Waals surface area contributed by atoms with Crippen LogP contribution in [0.5, 0.6) is 11.5 Å². The highest BCUT2D eigenvalue weighted by atomic mass is 32.2. The average molecular weight is 405 g/mol. The molecule has 1 fully saturated rings. The average Bonchev–Trinajstić information content (AvgIpc) is 3.01. The molecular formula is C20H23NO6S. The summed E-state index contributed by atoms with van der Waals surface area (Å²) in [6.07, 6.45) is 1.39. The molecule has 0 spiro atoms. The van der Waals surface area contributed by atoms with E-state index in [0.29, 0.717) is 31.1 Å². The lowest BCUT2D eigenvalue weighted by atomic mass is 10.0. The van der Waals surface area contributed by atoms with Crippen molar-refractivity contribution in [2.45, 2.75) is 23.9 Å². The SMILES string of the molecule is COc1ccc(CC2COC(=O)N2Cc2ccc(S(C)(=O)=O)cc2)cc1OC. The molecule has 0 bridgehead atoms. The smallest absolute Gasteiger partial charge is 0.410 e. The second kappa shape index (κ2) is 8.10. The summed E-state index contributed by atoms with van der Waals surface area (Å²) < 4.78 is 39.0. The normalized spacial score (nSPS) is 16.8. The molecule has 1 heterocycles. The van der Waals surface area contributed by atoms with Gasteiger partial charge in [0.15, 0.2) is 21.3 Å². The van der Waals surface area contributed by atoms with Gasteiger partial charge in [-0.1, -0.05) is 18.2 Å². The molecule has 0 N–H and O–H groups in total. The predicted molar refractivity (Wildman–Crippen MR) is 103 cm³/mol. The van der Waals surface area contributed by atoms with Crippen LogP contribution >= 0.6 is 0 Å². The standard InChI is InChI=1S/C20H23NO6S/c1-25-18-9-6-15(11-19(18)26-2)10-16-13-27-20(22)21(16)12-14-4-7-17(8-5-14)28(3,23)24/h4-9,11,16H,10,12-13H2,1-3H3. The Hall–Kier alpha value is -2.74. The number of amides is 1. The third-order valence-electron chi connectivity index (χ3n) is 4.70. The lowest BCUT2D eigenvalue weighted by Gasteiger charge is -2.22. The van der Waals surface area contributed by atoms with Crippen molar-refractivity contribution in [3.63, 3.8) is 0 Å². The molecule has 0 aliphatic carbocycles. The first-order valence-corrected chi connectivity index (χ1v) is 10.6. The van der Waals surface area contributed by atoms with Gasteiger partial charge in [-0.3, -0.25) is 4.90 Å². The number of hydrogen-bond donors (Lipinski definition) is 0. The van der Waals surface area contributed by atoms with Gasteiger partial charge in [0.1, 0.15) is 6.61 Å². The van der Waals surface area contributed by atoms with Gasteiger partial charge in [-0.05, 0) is 41.8 Å². The maximum atomic E-state index is 12.2. The van der Waals surface area contributed by atoms with Gasteiger partial charge < -0.3 is 14.2 Å². The Balaban J connectivity index is 1.75. The first-order valence-electron chi connectivity index (χ1n) is 8.75. The maximum Gasteiger partial charge on any atom is 0.410 e. The fourth-order valence-electron chi connectivity index (χ4n) is 3.17. The van der Waals surface area contributed by atoms with Crippen molar-refractivity contribution in [3.05, 3.63) is 53.6 Å². The topological polar surface area (TPSA) is 82.1 Å². The number of methoxy groups -OCH3 is 2. The minimum Gasteiger partial charge on any atom is -0.493 e. The summed E-state index contributed by atoms with van der Waals surface area (Å²) >= 11 is 0. The van der Waals surface area contributed by atoms with Crippen LogP contribution in [0.2, 0.25) is 0 Å². The minimum atomic E-state index is -3.25. The lowest BCUT2D eigenvalue weighted by Crippen LogP contribution is -2.34. The summed E-state index contributed by atoms with van der Waals surface area (Å²) in [7, 11) is -0.0880. The molecule has 2 aromatic carbocycles. The molecule has 8 heteroatoms. The van der Waals surface area contributed by atoms with Gasteiger partial charge in [-0.2, -0.15) is 0 Å². The highest BCUT2D eigenvalue weighted by Gasteiger charge is 2.33. The van der Waals surface area contributed by atoms with E-state index < -0.39 is 9.84 Å². The van der Waals surface area contributed by atoms with Gasteiger partial charge in [0, 0.05) is 12.8 Å².